The third kappa shape index (κ3) is 5.30. The third-order valence-electron chi connectivity index (χ3n) is 5.63. The molecular weight excluding hydrogens is 426 g/mol. The van der Waals surface area contributed by atoms with E-state index < -0.39 is 0 Å². The smallest absolute Gasteiger partial charge is 0.254 e. The minimum atomic E-state index is -0.250. The van der Waals surface area contributed by atoms with Crippen molar-refractivity contribution in [2.75, 3.05) is 31.2 Å². The van der Waals surface area contributed by atoms with Crippen LogP contribution in [0, 0.1) is 12.8 Å². The fourth-order valence-electron chi connectivity index (χ4n) is 3.80. The summed E-state index contributed by atoms with van der Waals surface area (Å²) < 4.78 is 0. The molecule has 1 aliphatic rings. The van der Waals surface area contributed by atoms with Crippen LogP contribution in [0.1, 0.15) is 42.3 Å². The topological polar surface area (TPSA) is 60.9 Å². The highest BCUT2D eigenvalue weighted by Gasteiger charge is 2.34. The number of amides is 3. The summed E-state index contributed by atoms with van der Waals surface area (Å²) >= 11 is 6.21. The molecule has 0 saturated carbocycles. The molecule has 3 rings (SSSR count). The Hall–Kier alpha value is -2.86. The first-order chi connectivity index (χ1) is 15.2. The number of anilines is 1. The standard InChI is InChI=1S/C25H30ClN3O3/c1-5-19-9-11-20(12-10-19)25(32)27(13-17(2)3)14-23(30)28-15-24(31)29(16-28)22-8-6-7-21(26)18(22)4/h6-12,17H,5,13-16H2,1-4H3. The molecule has 0 atom stereocenters. The van der Waals surface area contributed by atoms with Gasteiger partial charge < -0.3 is 9.80 Å². The second-order valence-electron chi connectivity index (χ2n) is 8.57. The summed E-state index contributed by atoms with van der Waals surface area (Å²) in [6, 6.07) is 12.9. The van der Waals surface area contributed by atoms with E-state index in [4.69, 9.17) is 11.6 Å². The molecule has 0 bridgehead atoms. The first-order valence-electron chi connectivity index (χ1n) is 10.9. The highest BCUT2D eigenvalue weighted by molar-refractivity contribution is 6.31. The number of carbonyl (C=O) groups is 3. The minimum Gasteiger partial charge on any atom is -0.329 e. The lowest BCUT2D eigenvalue weighted by Gasteiger charge is -2.27. The van der Waals surface area contributed by atoms with Gasteiger partial charge in [-0.3, -0.25) is 19.3 Å². The molecule has 2 aromatic carbocycles. The Kier molecular flexibility index (Phi) is 7.56. The van der Waals surface area contributed by atoms with Gasteiger partial charge in [0.25, 0.3) is 5.91 Å². The molecule has 0 N–H and O–H groups in total. The summed E-state index contributed by atoms with van der Waals surface area (Å²) in [5.41, 5.74) is 3.21. The Morgan fingerprint density at radius 3 is 2.44 bits per heavy atom. The van der Waals surface area contributed by atoms with Gasteiger partial charge in [-0.2, -0.15) is 0 Å². The third-order valence-corrected chi connectivity index (χ3v) is 6.04. The molecular formula is C25H30ClN3O3. The second kappa shape index (κ2) is 10.2. The lowest BCUT2D eigenvalue weighted by atomic mass is 10.1. The van der Waals surface area contributed by atoms with Crippen LogP contribution in [-0.4, -0.2) is 53.8 Å². The van der Waals surface area contributed by atoms with Crippen LogP contribution in [0.15, 0.2) is 42.5 Å². The highest BCUT2D eigenvalue weighted by atomic mass is 35.5. The van der Waals surface area contributed by atoms with E-state index in [0.29, 0.717) is 22.8 Å². The number of halogens is 1. The second-order valence-corrected chi connectivity index (χ2v) is 8.98. The maximum absolute atomic E-state index is 13.1. The Balaban J connectivity index is 1.74. The van der Waals surface area contributed by atoms with Gasteiger partial charge in [0.05, 0.1) is 0 Å². The SMILES string of the molecule is CCc1ccc(C(=O)N(CC(=O)N2CC(=O)N(c3cccc(Cl)c3C)C2)CC(C)C)cc1. The number of nitrogens with zero attached hydrogens (tertiary/aromatic N) is 3. The molecule has 32 heavy (non-hydrogen) atoms. The van der Waals surface area contributed by atoms with Gasteiger partial charge in [-0.15, -0.1) is 0 Å². The van der Waals surface area contributed by atoms with Crippen molar-refractivity contribution < 1.29 is 14.4 Å². The largest absolute Gasteiger partial charge is 0.329 e. The van der Waals surface area contributed by atoms with Crippen molar-refractivity contribution in [2.24, 2.45) is 5.92 Å². The molecule has 0 radical (unpaired) electrons. The lowest BCUT2D eigenvalue weighted by molar-refractivity contribution is -0.132. The van der Waals surface area contributed by atoms with Gasteiger partial charge in [0, 0.05) is 22.8 Å². The van der Waals surface area contributed by atoms with Crippen LogP contribution in [-0.2, 0) is 16.0 Å². The van der Waals surface area contributed by atoms with Crippen LogP contribution in [0.25, 0.3) is 0 Å². The Morgan fingerprint density at radius 1 is 1.12 bits per heavy atom. The lowest BCUT2D eigenvalue weighted by Crippen LogP contribution is -2.44. The van der Waals surface area contributed by atoms with Crippen molar-refractivity contribution in [3.8, 4) is 0 Å². The van der Waals surface area contributed by atoms with E-state index in [0.717, 1.165) is 17.5 Å². The molecule has 1 heterocycles. The molecule has 1 fully saturated rings. The van der Waals surface area contributed by atoms with Crippen molar-refractivity contribution in [3.63, 3.8) is 0 Å². The van der Waals surface area contributed by atoms with Gasteiger partial charge in [0.1, 0.15) is 19.8 Å². The highest BCUT2D eigenvalue weighted by Crippen LogP contribution is 2.28. The predicted octanol–water partition coefficient (Wildman–Crippen LogP) is 4.14. The minimum absolute atomic E-state index is 0.0142. The average molecular weight is 456 g/mol. The number of hydrogen-bond donors (Lipinski definition) is 0. The van der Waals surface area contributed by atoms with Crippen LogP contribution in [0.5, 0.6) is 0 Å². The zero-order valence-corrected chi connectivity index (χ0v) is 19.9. The number of benzene rings is 2. The van der Waals surface area contributed by atoms with E-state index in [1.165, 1.54) is 4.90 Å². The average Bonchev–Trinajstić information content (AvgIpc) is 3.16. The summed E-state index contributed by atoms with van der Waals surface area (Å²) in [6.07, 6.45) is 0.897. The van der Waals surface area contributed by atoms with Crippen molar-refractivity contribution in [1.82, 2.24) is 9.80 Å². The van der Waals surface area contributed by atoms with Gasteiger partial charge in [0.15, 0.2) is 0 Å². The maximum atomic E-state index is 13.1. The molecule has 1 saturated heterocycles. The van der Waals surface area contributed by atoms with Gasteiger partial charge in [0.2, 0.25) is 11.8 Å². The molecule has 0 aromatic heterocycles. The van der Waals surface area contributed by atoms with Gasteiger partial charge in [-0.25, -0.2) is 0 Å². The zero-order valence-electron chi connectivity index (χ0n) is 19.1. The van der Waals surface area contributed by atoms with Gasteiger partial charge in [-0.05, 0) is 54.7 Å². The zero-order chi connectivity index (χ0) is 23.4. The summed E-state index contributed by atoms with van der Waals surface area (Å²) in [4.78, 5) is 43.5. The first kappa shape index (κ1) is 23.8. The summed E-state index contributed by atoms with van der Waals surface area (Å²) in [7, 11) is 0. The number of hydrogen-bond acceptors (Lipinski definition) is 3. The van der Waals surface area contributed by atoms with Crippen molar-refractivity contribution in [3.05, 3.63) is 64.2 Å². The molecule has 0 unspecified atom stereocenters. The Labute approximate surface area is 194 Å². The van der Waals surface area contributed by atoms with Crippen molar-refractivity contribution >= 4 is 35.0 Å². The predicted molar refractivity (Wildman–Crippen MR) is 127 cm³/mol. The van der Waals surface area contributed by atoms with E-state index in [1.54, 1.807) is 21.9 Å². The molecule has 0 spiro atoms. The van der Waals surface area contributed by atoms with Crippen LogP contribution in [0.4, 0.5) is 5.69 Å². The maximum Gasteiger partial charge on any atom is 0.254 e. The quantitative estimate of drug-likeness (QED) is 0.630. The van der Waals surface area contributed by atoms with Crippen LogP contribution >= 0.6 is 11.6 Å². The number of aryl methyl sites for hydroxylation is 1. The molecule has 1 aliphatic heterocycles. The van der Waals surface area contributed by atoms with E-state index in [2.05, 4.69) is 6.92 Å². The monoisotopic (exact) mass is 455 g/mol. The molecule has 0 aliphatic carbocycles. The first-order valence-corrected chi connectivity index (χ1v) is 11.3. The fourth-order valence-corrected chi connectivity index (χ4v) is 3.97. The summed E-state index contributed by atoms with van der Waals surface area (Å²) in [6.45, 7) is 8.45. The summed E-state index contributed by atoms with van der Waals surface area (Å²) in [5, 5.41) is 0.572. The van der Waals surface area contributed by atoms with Crippen LogP contribution in [0.2, 0.25) is 5.02 Å². The summed E-state index contributed by atoms with van der Waals surface area (Å²) in [5.74, 6) is -0.393. The molecule has 2 aromatic rings. The number of carbonyl (C=O) groups excluding carboxylic acids is 3. The Morgan fingerprint density at radius 2 is 1.81 bits per heavy atom. The van der Waals surface area contributed by atoms with Gasteiger partial charge in [-0.1, -0.05) is 50.6 Å². The number of rotatable bonds is 7. The normalized spacial score (nSPS) is 13.8. The van der Waals surface area contributed by atoms with Crippen molar-refractivity contribution in [2.45, 2.75) is 34.1 Å². The molecule has 6 nitrogen and oxygen atoms in total. The van der Waals surface area contributed by atoms with E-state index in [1.807, 2.05) is 51.1 Å². The molecule has 170 valence electrons. The van der Waals surface area contributed by atoms with E-state index in [9.17, 15) is 14.4 Å². The molecule has 3 amide bonds. The van der Waals surface area contributed by atoms with E-state index in [-0.39, 0.29) is 43.4 Å². The van der Waals surface area contributed by atoms with Crippen LogP contribution in [0.3, 0.4) is 0 Å². The fraction of sp³-hybridized carbons (Fsp3) is 0.400. The Bertz CT molecular complexity index is 1000. The van der Waals surface area contributed by atoms with Gasteiger partial charge >= 0.3 is 0 Å². The van der Waals surface area contributed by atoms with Crippen LogP contribution < -0.4 is 4.90 Å². The van der Waals surface area contributed by atoms with Crippen molar-refractivity contribution in [1.29, 1.82) is 0 Å². The van der Waals surface area contributed by atoms with E-state index >= 15 is 0 Å². The molecule has 7 heteroatoms.